The number of rotatable bonds is 5. The average molecular weight is 422 g/mol. The third-order valence-electron chi connectivity index (χ3n) is 3.53. The van der Waals surface area contributed by atoms with Gasteiger partial charge in [0.05, 0.1) is 14.2 Å². The van der Waals surface area contributed by atoms with Gasteiger partial charge in [-0.05, 0) is 35.4 Å². The van der Waals surface area contributed by atoms with E-state index in [1.807, 2.05) is 0 Å². The molecule has 0 amide bonds. The Morgan fingerprint density at radius 2 is 0.885 bits per heavy atom. The van der Waals surface area contributed by atoms with Crippen molar-refractivity contribution in [2.75, 3.05) is 14.2 Å². The van der Waals surface area contributed by atoms with Gasteiger partial charge in [0.25, 0.3) is 0 Å². The van der Waals surface area contributed by atoms with Crippen LogP contribution >= 0.6 is 46.4 Å². The topological polar surface area (TPSA) is 66.1 Å². The van der Waals surface area contributed by atoms with Gasteiger partial charge < -0.3 is 20.9 Å². The first-order valence-corrected chi connectivity index (χ1v) is 8.29. The Balaban J connectivity index is 0.00000312. The van der Waals surface area contributed by atoms with Crippen molar-refractivity contribution < 1.29 is 47.2 Å². The van der Waals surface area contributed by atoms with E-state index >= 15 is 0 Å². The van der Waals surface area contributed by atoms with Gasteiger partial charge in [0.15, 0.2) is 0 Å². The summed E-state index contributed by atoms with van der Waals surface area (Å²) in [7, 11) is 2.98. The number of hydrogen-bond acceptors (Lipinski definition) is 2. The second kappa shape index (κ2) is 11.3. The number of methoxy groups -OCH3 is 2. The Labute approximate surface area is 197 Å². The minimum Gasteiger partial charge on any atom is -0.672 e. The molecule has 26 heavy (non-hydrogen) atoms. The Kier molecular flexibility index (Phi) is 11.5. The van der Waals surface area contributed by atoms with Crippen LogP contribution in [0.1, 0.15) is 23.2 Å². The zero-order chi connectivity index (χ0) is 18.0. The molecule has 2 atom stereocenters. The molecule has 4 nitrogen and oxygen atoms in total. The molecule has 0 aliphatic heterocycles. The molecule has 0 spiro atoms. The van der Waals surface area contributed by atoms with Crippen molar-refractivity contribution >= 4 is 46.4 Å². The Morgan fingerprint density at radius 3 is 1.08 bits per heavy atom. The van der Waals surface area contributed by atoms with E-state index in [0.29, 0.717) is 22.6 Å². The fraction of sp³-hybridized carbons (Fsp3) is 0.250. The second-order valence-corrected chi connectivity index (χ2v) is 6.59. The summed E-state index contributed by atoms with van der Waals surface area (Å²) >= 11 is 24.9. The van der Waals surface area contributed by atoms with E-state index in [4.69, 9.17) is 67.3 Å². The van der Waals surface area contributed by atoms with Crippen LogP contribution in [0.15, 0.2) is 24.3 Å². The molecule has 0 heterocycles. The first kappa shape index (κ1) is 26.3. The van der Waals surface area contributed by atoms with Gasteiger partial charge in [0.1, 0.15) is 11.5 Å². The van der Waals surface area contributed by atoms with Crippen molar-refractivity contribution in [2.45, 2.75) is 12.1 Å². The van der Waals surface area contributed by atoms with Crippen LogP contribution in [-0.4, -0.2) is 14.2 Å². The van der Waals surface area contributed by atoms with Crippen LogP contribution in [0.4, 0.5) is 0 Å². The summed E-state index contributed by atoms with van der Waals surface area (Å²) in [5.74, 6) is 0.950. The number of benzene rings is 2. The smallest absolute Gasteiger partial charge is 0.672 e. The maximum Gasteiger partial charge on any atom is 1.00 e. The van der Waals surface area contributed by atoms with Gasteiger partial charge in [-0.25, -0.2) is 0 Å². The molecule has 0 saturated heterocycles. The van der Waals surface area contributed by atoms with Gasteiger partial charge in [-0.15, -0.1) is 12.1 Å². The summed E-state index contributed by atoms with van der Waals surface area (Å²) in [5, 5.41) is 0.990. The molecule has 0 fully saturated rings. The molecule has 2 aromatic rings. The van der Waals surface area contributed by atoms with Crippen molar-refractivity contribution in [3.05, 3.63) is 67.0 Å². The molecule has 0 radical (unpaired) electrons. The fourth-order valence-corrected chi connectivity index (χ4v) is 3.69. The van der Waals surface area contributed by atoms with E-state index in [-0.39, 0.29) is 57.8 Å². The molecule has 0 aromatic heterocycles. The Bertz CT molecular complexity index is 656. The third-order valence-corrected chi connectivity index (χ3v) is 4.78. The first-order valence-electron chi connectivity index (χ1n) is 6.78. The minimum absolute atomic E-state index is 0. The molecule has 2 rings (SSSR count). The van der Waals surface area contributed by atoms with Crippen molar-refractivity contribution in [3.63, 3.8) is 0 Å². The van der Waals surface area contributed by atoms with Gasteiger partial charge in [0.2, 0.25) is 0 Å². The van der Waals surface area contributed by atoms with Gasteiger partial charge >= 0.3 is 37.7 Å². The minimum atomic E-state index is -1.08. The number of halogens is 4. The molecule has 0 saturated carbocycles. The summed E-state index contributed by atoms with van der Waals surface area (Å²) in [5.41, 5.74) is 17.5. The van der Waals surface area contributed by atoms with Crippen LogP contribution < -0.4 is 47.2 Å². The predicted molar refractivity (Wildman–Crippen MR) is 100 cm³/mol. The standard InChI is InChI=1S/C16H14Cl4N2O2.2Li/c1-23-7-3-9(17)13(10(18)4-7)15(21)16(22)14-11(19)5-8(24-2)6-12(14)20;;/h3-6,15-16,21-22H,1-2H3;;/q-2;2*+1. The normalized spacial score (nSPS) is 12.5. The predicted octanol–water partition coefficient (Wildman–Crippen LogP) is 1.21. The van der Waals surface area contributed by atoms with Crippen LogP contribution in [0.2, 0.25) is 20.1 Å². The summed E-state index contributed by atoms with van der Waals surface area (Å²) < 4.78 is 10.2. The number of hydrogen-bond donors (Lipinski definition) is 0. The molecule has 2 N–H and O–H groups in total. The van der Waals surface area contributed by atoms with Crippen molar-refractivity contribution in [1.29, 1.82) is 0 Å². The van der Waals surface area contributed by atoms with Crippen LogP contribution in [0, 0.1) is 0 Å². The van der Waals surface area contributed by atoms with Gasteiger partial charge in [-0.2, -0.15) is 0 Å². The van der Waals surface area contributed by atoms with Crippen molar-refractivity contribution in [2.24, 2.45) is 0 Å². The molecular weight excluding hydrogens is 408 g/mol. The van der Waals surface area contributed by atoms with Crippen LogP contribution in [0.5, 0.6) is 11.5 Å². The zero-order valence-corrected chi connectivity index (χ0v) is 17.8. The maximum absolute atomic E-state index is 8.41. The van der Waals surface area contributed by atoms with E-state index in [1.54, 1.807) is 24.3 Å². The molecule has 130 valence electrons. The maximum atomic E-state index is 8.41. The van der Waals surface area contributed by atoms with Crippen molar-refractivity contribution in [3.8, 4) is 11.5 Å². The largest absolute Gasteiger partial charge is 1.00 e. The summed E-state index contributed by atoms with van der Waals surface area (Å²) in [6.45, 7) is 0. The number of ether oxygens (including phenoxy) is 2. The molecule has 2 unspecified atom stereocenters. The first-order chi connectivity index (χ1) is 11.3. The van der Waals surface area contributed by atoms with E-state index in [1.165, 1.54) is 14.2 Å². The van der Waals surface area contributed by atoms with Gasteiger partial charge in [0, 0.05) is 20.1 Å². The Hall–Kier alpha value is 0.315. The van der Waals surface area contributed by atoms with E-state index in [2.05, 4.69) is 0 Å². The second-order valence-electron chi connectivity index (χ2n) is 4.96. The molecular formula is C16H14Cl4Li2N2O2. The molecule has 10 heteroatoms. The third kappa shape index (κ3) is 5.66. The molecule has 0 aliphatic rings. The average Bonchev–Trinajstić information content (AvgIpc) is 2.52. The SMILES string of the molecule is COc1cc(Cl)c(C([NH-])C([NH-])c2c(Cl)cc(OC)cc2Cl)c(Cl)c1.[Li+].[Li+]. The number of nitrogens with one attached hydrogen (secondary N) is 2. The van der Waals surface area contributed by atoms with E-state index < -0.39 is 12.1 Å². The van der Waals surface area contributed by atoms with E-state index in [9.17, 15) is 0 Å². The van der Waals surface area contributed by atoms with Crippen LogP contribution in [-0.2, 0) is 0 Å². The molecule has 0 aliphatic carbocycles. The summed E-state index contributed by atoms with van der Waals surface area (Å²) in [4.78, 5) is 0. The van der Waals surface area contributed by atoms with Crippen LogP contribution in [0.25, 0.3) is 11.5 Å². The molecule has 0 bridgehead atoms. The molecule has 2 aromatic carbocycles. The van der Waals surface area contributed by atoms with Crippen LogP contribution in [0.3, 0.4) is 0 Å². The zero-order valence-electron chi connectivity index (χ0n) is 14.8. The Morgan fingerprint density at radius 1 is 0.654 bits per heavy atom. The monoisotopic (exact) mass is 420 g/mol. The quantitative estimate of drug-likeness (QED) is 0.681. The fourth-order valence-electron chi connectivity index (χ4n) is 2.29. The summed E-state index contributed by atoms with van der Waals surface area (Å²) in [6.07, 6.45) is 0. The van der Waals surface area contributed by atoms with Gasteiger partial charge in [-0.3, -0.25) is 0 Å². The van der Waals surface area contributed by atoms with E-state index in [0.717, 1.165) is 0 Å². The van der Waals surface area contributed by atoms with Gasteiger partial charge in [-0.1, -0.05) is 46.4 Å². The summed E-state index contributed by atoms with van der Waals surface area (Å²) in [6, 6.07) is 4.03. The van der Waals surface area contributed by atoms with Crippen molar-refractivity contribution in [1.82, 2.24) is 0 Å².